The molecule has 0 N–H and O–H groups in total. The fourth-order valence-corrected chi connectivity index (χ4v) is 3.05. The van der Waals surface area contributed by atoms with Gasteiger partial charge in [0.2, 0.25) is 0 Å². The molecule has 22 heavy (non-hydrogen) atoms. The smallest absolute Gasteiger partial charge is 0.465 e. The Balaban J connectivity index is 2.43. The van der Waals surface area contributed by atoms with Gasteiger partial charge in [-0.2, -0.15) is 0 Å². The van der Waals surface area contributed by atoms with Crippen LogP contribution in [0, 0.1) is 0 Å². The molecule has 1 aliphatic heterocycles. The van der Waals surface area contributed by atoms with Gasteiger partial charge in [-0.15, -0.1) is 0 Å². The van der Waals surface area contributed by atoms with Crippen molar-refractivity contribution >= 4 is 31.8 Å². The van der Waals surface area contributed by atoms with Crippen molar-refractivity contribution in [3.05, 3.63) is 23.8 Å². The van der Waals surface area contributed by atoms with E-state index in [0.29, 0.717) is 5.56 Å². The minimum Gasteiger partial charge on any atom is -0.465 e. The molecule has 0 radical (unpaired) electrons. The summed E-state index contributed by atoms with van der Waals surface area (Å²) in [6.07, 6.45) is 0. The van der Waals surface area contributed by atoms with Crippen LogP contribution in [0.4, 0.5) is 0 Å². The van der Waals surface area contributed by atoms with E-state index < -0.39 is 18.3 Å². The maximum atomic E-state index is 11.9. The average Bonchev–Trinajstić information content (AvgIpc) is 2.66. The van der Waals surface area contributed by atoms with Crippen LogP contribution >= 0.6 is 7.92 Å². The molecule has 4 nitrogen and oxygen atoms in total. The molecule has 1 saturated heterocycles. The summed E-state index contributed by atoms with van der Waals surface area (Å²) in [7, 11) is 0.585. The minimum atomic E-state index is -0.469. The van der Waals surface area contributed by atoms with Crippen LogP contribution in [0.25, 0.3) is 0 Å². The first-order valence-corrected chi connectivity index (χ1v) is 9.57. The van der Waals surface area contributed by atoms with Gasteiger partial charge in [-0.3, -0.25) is 0 Å². The highest BCUT2D eigenvalue weighted by Gasteiger charge is 2.51. The van der Waals surface area contributed by atoms with Crippen LogP contribution in [-0.4, -0.2) is 44.7 Å². The Kier molecular flexibility index (Phi) is 4.73. The molecule has 1 aromatic rings. The third-order valence-corrected chi connectivity index (χ3v) is 5.69. The molecule has 6 heteroatoms. The maximum Gasteiger partial charge on any atom is 0.494 e. The van der Waals surface area contributed by atoms with E-state index in [1.807, 2.05) is 33.8 Å². The molecule has 1 aliphatic rings. The lowest BCUT2D eigenvalue weighted by atomic mass is 9.78. The normalized spacial score (nSPS) is 19.5. The molecule has 0 unspecified atom stereocenters. The molecule has 0 saturated carbocycles. The van der Waals surface area contributed by atoms with E-state index in [-0.39, 0.29) is 13.9 Å². The van der Waals surface area contributed by atoms with Gasteiger partial charge in [0.25, 0.3) is 0 Å². The van der Waals surface area contributed by atoms with Crippen LogP contribution in [0.15, 0.2) is 18.2 Å². The Labute approximate surface area is 134 Å². The van der Waals surface area contributed by atoms with Gasteiger partial charge in [-0.05, 0) is 63.9 Å². The van der Waals surface area contributed by atoms with Crippen LogP contribution in [-0.2, 0) is 14.0 Å². The number of esters is 1. The highest BCUT2D eigenvalue weighted by atomic mass is 31.1. The van der Waals surface area contributed by atoms with Crippen molar-refractivity contribution in [2.24, 2.45) is 0 Å². The van der Waals surface area contributed by atoms with Crippen molar-refractivity contribution in [1.29, 1.82) is 0 Å². The fourth-order valence-electron chi connectivity index (χ4n) is 2.24. The monoisotopic (exact) mass is 322 g/mol. The Bertz CT molecular complexity index is 568. The molecule has 0 bridgehead atoms. The van der Waals surface area contributed by atoms with Gasteiger partial charge in [0.15, 0.2) is 0 Å². The zero-order valence-electron chi connectivity index (χ0n) is 14.4. The van der Waals surface area contributed by atoms with Gasteiger partial charge >= 0.3 is 13.1 Å². The molecule has 2 rings (SSSR count). The zero-order valence-corrected chi connectivity index (χ0v) is 15.3. The lowest BCUT2D eigenvalue weighted by Crippen LogP contribution is -2.41. The van der Waals surface area contributed by atoms with Gasteiger partial charge in [-0.25, -0.2) is 4.79 Å². The van der Waals surface area contributed by atoms with Crippen LogP contribution in [0.2, 0.25) is 0 Å². The summed E-state index contributed by atoms with van der Waals surface area (Å²) in [5.41, 5.74) is 0.610. The largest absolute Gasteiger partial charge is 0.494 e. The molecule has 1 heterocycles. The van der Waals surface area contributed by atoms with Gasteiger partial charge in [0.05, 0.1) is 23.9 Å². The molecular formula is C16H24BO4P. The van der Waals surface area contributed by atoms with Crippen LogP contribution in [0.5, 0.6) is 0 Å². The highest BCUT2D eigenvalue weighted by molar-refractivity contribution is 7.64. The molecule has 0 spiro atoms. The molecule has 1 aromatic carbocycles. The van der Waals surface area contributed by atoms with E-state index in [0.717, 1.165) is 10.8 Å². The quantitative estimate of drug-likeness (QED) is 0.486. The Morgan fingerprint density at radius 1 is 1.09 bits per heavy atom. The third kappa shape index (κ3) is 3.22. The fraction of sp³-hybridized carbons (Fsp3) is 0.562. The summed E-state index contributed by atoms with van der Waals surface area (Å²) < 4.78 is 17.0. The predicted molar refractivity (Wildman–Crippen MR) is 91.9 cm³/mol. The van der Waals surface area contributed by atoms with Gasteiger partial charge in [-0.1, -0.05) is 14.0 Å². The molecule has 1 fully saturated rings. The second-order valence-electron chi connectivity index (χ2n) is 6.79. The van der Waals surface area contributed by atoms with Crippen molar-refractivity contribution in [1.82, 2.24) is 0 Å². The second-order valence-corrected chi connectivity index (χ2v) is 9.09. The summed E-state index contributed by atoms with van der Waals surface area (Å²) >= 11 is 0. The zero-order chi connectivity index (χ0) is 16.7. The topological polar surface area (TPSA) is 44.8 Å². The Morgan fingerprint density at radius 2 is 1.64 bits per heavy atom. The number of ether oxygens (including phenoxy) is 1. The number of benzene rings is 1. The first-order chi connectivity index (χ1) is 10.1. The van der Waals surface area contributed by atoms with Crippen LogP contribution in [0.3, 0.4) is 0 Å². The van der Waals surface area contributed by atoms with Gasteiger partial charge in [0.1, 0.15) is 0 Å². The van der Waals surface area contributed by atoms with Crippen molar-refractivity contribution in [3.8, 4) is 0 Å². The Hall–Kier alpha value is -0.895. The SMILES string of the molecule is COC(=O)c1cc(B2OC(C)(C)C(C)(C)O2)cc(P(C)C)c1. The number of rotatable bonds is 3. The van der Waals surface area contributed by atoms with Gasteiger partial charge < -0.3 is 14.0 Å². The summed E-state index contributed by atoms with van der Waals surface area (Å²) in [4.78, 5) is 11.9. The van der Waals surface area contributed by atoms with E-state index >= 15 is 0 Å². The first-order valence-electron chi connectivity index (χ1n) is 7.33. The summed E-state index contributed by atoms with van der Waals surface area (Å²) in [5.74, 6) is -0.337. The highest BCUT2D eigenvalue weighted by Crippen LogP contribution is 2.36. The van der Waals surface area contributed by atoms with E-state index in [9.17, 15) is 4.79 Å². The van der Waals surface area contributed by atoms with Crippen molar-refractivity contribution < 1.29 is 18.8 Å². The van der Waals surface area contributed by atoms with E-state index in [2.05, 4.69) is 19.4 Å². The van der Waals surface area contributed by atoms with Gasteiger partial charge in [0, 0.05) is 0 Å². The predicted octanol–water partition coefficient (Wildman–Crippen LogP) is 2.14. The van der Waals surface area contributed by atoms with Crippen molar-refractivity contribution in [2.45, 2.75) is 38.9 Å². The number of carbonyl (C=O) groups is 1. The van der Waals surface area contributed by atoms with Crippen LogP contribution < -0.4 is 10.8 Å². The number of methoxy groups -OCH3 is 1. The average molecular weight is 322 g/mol. The molecule has 0 amide bonds. The summed E-state index contributed by atoms with van der Waals surface area (Å²) in [6, 6.07) is 5.77. The molecule has 0 aromatic heterocycles. The van der Waals surface area contributed by atoms with Crippen molar-refractivity contribution in [3.63, 3.8) is 0 Å². The molecule has 0 aliphatic carbocycles. The second kappa shape index (κ2) is 5.95. The molecule has 120 valence electrons. The lowest BCUT2D eigenvalue weighted by molar-refractivity contribution is 0.00578. The third-order valence-electron chi connectivity index (χ3n) is 4.40. The number of carbonyl (C=O) groups excluding carboxylic acids is 1. The minimum absolute atomic E-state index is 0.337. The maximum absolute atomic E-state index is 11.9. The lowest BCUT2D eigenvalue weighted by Gasteiger charge is -2.32. The van der Waals surface area contributed by atoms with E-state index in [1.165, 1.54) is 7.11 Å². The van der Waals surface area contributed by atoms with Crippen molar-refractivity contribution in [2.75, 3.05) is 20.4 Å². The standard InChI is InChI=1S/C16H24BO4P/c1-15(2)16(3,4)21-17(20-15)12-8-11(14(18)19-5)9-13(10-12)22(6)7/h8-10H,1-7H3. The first kappa shape index (κ1) is 17.5. The van der Waals surface area contributed by atoms with E-state index in [1.54, 1.807) is 6.07 Å². The van der Waals surface area contributed by atoms with Crippen LogP contribution in [0.1, 0.15) is 38.1 Å². The molecular weight excluding hydrogens is 298 g/mol. The van der Waals surface area contributed by atoms with E-state index in [4.69, 9.17) is 14.0 Å². The molecule has 0 atom stereocenters. The summed E-state index contributed by atoms with van der Waals surface area (Å²) in [6.45, 7) is 12.4. The number of hydrogen-bond acceptors (Lipinski definition) is 4. The Morgan fingerprint density at radius 3 is 2.09 bits per heavy atom. The summed E-state index contributed by atoms with van der Waals surface area (Å²) in [5, 5.41) is 1.13. The number of hydrogen-bond donors (Lipinski definition) is 0.